The van der Waals surface area contributed by atoms with Crippen molar-refractivity contribution in [3.63, 3.8) is 0 Å². The number of rotatable bonds is 7. The number of carbonyl (C=O) groups excluding carboxylic acids is 2. The minimum absolute atomic E-state index is 0.161. The monoisotopic (exact) mass is 418 g/mol. The molecule has 0 bridgehead atoms. The number of urea groups is 1. The van der Waals surface area contributed by atoms with E-state index in [1.807, 2.05) is 12.1 Å². The van der Waals surface area contributed by atoms with Gasteiger partial charge in [-0.25, -0.2) is 4.79 Å². The smallest absolute Gasteiger partial charge is 0.319 e. The van der Waals surface area contributed by atoms with Gasteiger partial charge in [0.2, 0.25) is 0 Å². The molecule has 6 heteroatoms. The van der Waals surface area contributed by atoms with Gasteiger partial charge in [0.25, 0.3) is 0 Å². The van der Waals surface area contributed by atoms with E-state index in [-0.39, 0.29) is 6.03 Å². The number of fused-ring (bicyclic) bond motifs is 1. The average Bonchev–Trinajstić information content (AvgIpc) is 3.64. The molecule has 0 spiro atoms. The van der Waals surface area contributed by atoms with Crippen molar-refractivity contribution in [2.24, 2.45) is 0 Å². The quantitative estimate of drug-likeness (QED) is 0.722. The van der Waals surface area contributed by atoms with Crippen LogP contribution in [0, 0.1) is 0 Å². The third-order valence-electron chi connectivity index (χ3n) is 6.63. The van der Waals surface area contributed by atoms with Gasteiger partial charge in [-0.15, -0.1) is 0 Å². The predicted molar refractivity (Wildman–Crippen MR) is 123 cm³/mol. The Morgan fingerprint density at radius 1 is 1.00 bits per heavy atom. The molecule has 2 aromatic carbocycles. The lowest BCUT2D eigenvalue weighted by Crippen LogP contribution is -2.48. The van der Waals surface area contributed by atoms with Crippen molar-refractivity contribution in [2.75, 3.05) is 42.9 Å². The third-order valence-corrected chi connectivity index (χ3v) is 6.63. The number of Topliss-reactive ketones (excluding diaryl/α,β-unsaturated/α-hetero) is 1. The van der Waals surface area contributed by atoms with Gasteiger partial charge in [-0.1, -0.05) is 24.3 Å². The van der Waals surface area contributed by atoms with Crippen molar-refractivity contribution < 1.29 is 9.59 Å². The highest BCUT2D eigenvalue weighted by molar-refractivity contribution is 5.92. The summed E-state index contributed by atoms with van der Waals surface area (Å²) in [6, 6.07) is 15.0. The number of anilines is 2. The first-order valence-electron chi connectivity index (χ1n) is 11.4. The molecule has 1 aliphatic carbocycles. The normalized spacial score (nSPS) is 18.8. The molecule has 0 aromatic heterocycles. The summed E-state index contributed by atoms with van der Waals surface area (Å²) in [5, 5.41) is 5.59. The maximum Gasteiger partial charge on any atom is 0.319 e. The van der Waals surface area contributed by atoms with Gasteiger partial charge in [0, 0.05) is 50.5 Å². The molecule has 0 unspecified atom stereocenters. The Bertz CT molecular complexity index is 960. The second-order valence-electron chi connectivity index (χ2n) is 8.97. The number of carbonyl (C=O) groups is 2. The summed E-state index contributed by atoms with van der Waals surface area (Å²) in [4.78, 5) is 28.6. The van der Waals surface area contributed by atoms with Crippen molar-refractivity contribution in [1.29, 1.82) is 0 Å². The molecular weight excluding hydrogens is 388 g/mol. The van der Waals surface area contributed by atoms with Gasteiger partial charge in [0.1, 0.15) is 5.78 Å². The highest BCUT2D eigenvalue weighted by atomic mass is 16.2. The fourth-order valence-corrected chi connectivity index (χ4v) is 4.56. The molecular formula is C25H30N4O2. The topological polar surface area (TPSA) is 64.7 Å². The van der Waals surface area contributed by atoms with Gasteiger partial charge in [-0.3, -0.25) is 9.69 Å². The maximum atomic E-state index is 12.6. The van der Waals surface area contributed by atoms with Crippen molar-refractivity contribution in [3.05, 3.63) is 59.2 Å². The van der Waals surface area contributed by atoms with Gasteiger partial charge in [0.05, 0.1) is 6.54 Å². The number of nitrogens with one attached hydrogen (secondary N) is 2. The number of hydrogen-bond acceptors (Lipinski definition) is 4. The lowest BCUT2D eigenvalue weighted by molar-refractivity contribution is -0.120. The summed E-state index contributed by atoms with van der Waals surface area (Å²) in [6.07, 6.45) is 3.98. The lowest BCUT2D eigenvalue weighted by Gasteiger charge is -2.35. The maximum absolute atomic E-state index is 12.6. The molecule has 1 saturated carbocycles. The molecule has 0 atom stereocenters. The first-order valence-corrected chi connectivity index (χ1v) is 11.4. The highest BCUT2D eigenvalue weighted by Crippen LogP contribution is 2.40. The number of benzene rings is 2. The van der Waals surface area contributed by atoms with Crippen LogP contribution in [0.15, 0.2) is 42.5 Å². The molecule has 2 N–H and O–H groups in total. The minimum Gasteiger partial charge on any atom is -0.369 e. The standard InChI is InChI=1S/C25H30N4O2/c30-23(9-1-18-2-10-24-21(15-18)16-26-25(31)27-24)17-28-11-13-29(14-12-28)22-7-5-20(6-8-22)19-3-4-19/h2,5-8,10,15,19H,1,3-4,9,11-14,16-17H2,(H2,26,27,31). The molecule has 2 aromatic rings. The molecule has 1 saturated heterocycles. The van der Waals surface area contributed by atoms with Crippen LogP contribution in [0.1, 0.15) is 41.9 Å². The van der Waals surface area contributed by atoms with Crippen LogP contribution in [0.3, 0.4) is 0 Å². The second-order valence-corrected chi connectivity index (χ2v) is 8.97. The summed E-state index contributed by atoms with van der Waals surface area (Å²) >= 11 is 0. The molecule has 2 aliphatic heterocycles. The van der Waals surface area contributed by atoms with Gasteiger partial charge in [-0.2, -0.15) is 0 Å². The van der Waals surface area contributed by atoms with Crippen LogP contribution in [0.2, 0.25) is 0 Å². The number of hydrogen-bond donors (Lipinski definition) is 2. The van der Waals surface area contributed by atoms with Crippen LogP contribution in [-0.4, -0.2) is 49.4 Å². The number of nitrogens with zero attached hydrogens (tertiary/aromatic N) is 2. The number of ketones is 1. The Morgan fingerprint density at radius 2 is 1.77 bits per heavy atom. The van der Waals surface area contributed by atoms with E-state index in [0.29, 0.717) is 25.3 Å². The van der Waals surface area contributed by atoms with Crippen LogP contribution >= 0.6 is 0 Å². The van der Waals surface area contributed by atoms with E-state index in [4.69, 9.17) is 0 Å². The largest absolute Gasteiger partial charge is 0.369 e. The lowest BCUT2D eigenvalue weighted by atomic mass is 10.0. The van der Waals surface area contributed by atoms with E-state index >= 15 is 0 Å². The van der Waals surface area contributed by atoms with Gasteiger partial charge >= 0.3 is 6.03 Å². The fourth-order valence-electron chi connectivity index (χ4n) is 4.56. The zero-order valence-corrected chi connectivity index (χ0v) is 17.9. The van der Waals surface area contributed by atoms with Gasteiger partial charge < -0.3 is 15.5 Å². The summed E-state index contributed by atoms with van der Waals surface area (Å²) in [5.41, 5.74) is 5.86. The Balaban J connectivity index is 1.07. The number of amides is 2. The molecule has 31 heavy (non-hydrogen) atoms. The predicted octanol–water partition coefficient (Wildman–Crippen LogP) is 3.52. The Labute approximate surface area is 183 Å². The molecule has 2 fully saturated rings. The SMILES string of the molecule is O=C(CCc1ccc2c(c1)CNC(=O)N2)CN1CCN(c2ccc(C3CC3)cc2)CC1. The third kappa shape index (κ3) is 4.90. The molecule has 162 valence electrons. The first-order chi connectivity index (χ1) is 15.1. The Kier molecular flexibility index (Phi) is 5.64. The van der Waals surface area contributed by atoms with E-state index in [9.17, 15) is 9.59 Å². The summed E-state index contributed by atoms with van der Waals surface area (Å²) < 4.78 is 0. The van der Waals surface area contributed by atoms with Crippen LogP contribution in [0.4, 0.5) is 16.2 Å². The molecule has 2 heterocycles. The average molecular weight is 419 g/mol. The molecule has 6 nitrogen and oxygen atoms in total. The molecule has 0 radical (unpaired) electrons. The molecule has 2 amide bonds. The van der Waals surface area contributed by atoms with E-state index in [1.54, 1.807) is 0 Å². The van der Waals surface area contributed by atoms with Gasteiger partial charge in [-0.05, 0) is 60.1 Å². The van der Waals surface area contributed by atoms with Gasteiger partial charge in [0.15, 0.2) is 0 Å². The fraction of sp³-hybridized carbons (Fsp3) is 0.440. The Morgan fingerprint density at radius 3 is 2.52 bits per heavy atom. The van der Waals surface area contributed by atoms with Crippen molar-refractivity contribution in [3.8, 4) is 0 Å². The zero-order chi connectivity index (χ0) is 21.2. The number of piperazine rings is 1. The van der Waals surface area contributed by atoms with E-state index in [1.165, 1.54) is 24.1 Å². The van der Waals surface area contributed by atoms with Crippen LogP contribution < -0.4 is 15.5 Å². The summed E-state index contributed by atoms with van der Waals surface area (Å²) in [5.74, 6) is 1.10. The van der Waals surface area contributed by atoms with Crippen molar-refractivity contribution in [1.82, 2.24) is 10.2 Å². The van der Waals surface area contributed by atoms with Crippen LogP contribution in [0.5, 0.6) is 0 Å². The van der Waals surface area contributed by atoms with Crippen molar-refractivity contribution >= 4 is 23.2 Å². The molecule has 3 aliphatic rings. The van der Waals surface area contributed by atoms with Crippen LogP contribution in [-0.2, 0) is 17.8 Å². The summed E-state index contributed by atoms with van der Waals surface area (Å²) in [6.45, 7) is 4.88. The number of aryl methyl sites for hydroxylation is 1. The Hall–Kier alpha value is -2.86. The minimum atomic E-state index is -0.161. The molecule has 5 rings (SSSR count). The second kappa shape index (κ2) is 8.71. The van der Waals surface area contributed by atoms with Crippen molar-refractivity contribution in [2.45, 2.75) is 38.1 Å². The highest BCUT2D eigenvalue weighted by Gasteiger charge is 2.24. The van der Waals surface area contributed by atoms with E-state index in [0.717, 1.165) is 55.3 Å². The van der Waals surface area contributed by atoms with E-state index < -0.39 is 0 Å². The van der Waals surface area contributed by atoms with E-state index in [2.05, 4.69) is 50.8 Å². The summed E-state index contributed by atoms with van der Waals surface area (Å²) in [7, 11) is 0. The van der Waals surface area contributed by atoms with Crippen LogP contribution in [0.25, 0.3) is 0 Å². The first kappa shape index (κ1) is 20.1. The zero-order valence-electron chi connectivity index (χ0n) is 17.9.